The first-order valence-electron chi connectivity index (χ1n) is 12.4. The van der Waals surface area contributed by atoms with E-state index in [2.05, 4.69) is 15.0 Å². The fraction of sp³-hybridized carbons (Fsp3) is 0.385. The molecule has 0 bridgehead atoms. The number of amides is 1. The van der Waals surface area contributed by atoms with Crippen molar-refractivity contribution < 1.29 is 19.0 Å². The fourth-order valence-electron chi connectivity index (χ4n) is 5.15. The van der Waals surface area contributed by atoms with Gasteiger partial charge in [0.2, 0.25) is 5.91 Å². The zero-order valence-electron chi connectivity index (χ0n) is 21.0. The van der Waals surface area contributed by atoms with E-state index in [1.54, 1.807) is 4.52 Å². The highest BCUT2D eigenvalue weighted by molar-refractivity contribution is 6.34. The molecule has 1 unspecified atom stereocenters. The maximum absolute atomic E-state index is 13.2. The predicted octanol–water partition coefficient (Wildman–Crippen LogP) is 2.71. The Hall–Kier alpha value is -3.54. The molecule has 12 heteroatoms. The van der Waals surface area contributed by atoms with Crippen LogP contribution < -0.4 is 4.74 Å². The number of aromatic nitrogens is 5. The Morgan fingerprint density at radius 3 is 2.84 bits per heavy atom. The molecule has 2 aliphatic rings. The summed E-state index contributed by atoms with van der Waals surface area (Å²) in [5.74, 6) is 0.210. The second-order valence-corrected chi connectivity index (χ2v) is 10.3. The molecule has 0 spiro atoms. The number of aliphatic hydroxyl groups is 1. The number of halogens is 2. The molecule has 1 amide bonds. The lowest BCUT2D eigenvalue weighted by molar-refractivity contribution is -0.142. The molecule has 0 saturated carbocycles. The van der Waals surface area contributed by atoms with Gasteiger partial charge in [-0.3, -0.25) is 14.5 Å². The van der Waals surface area contributed by atoms with Gasteiger partial charge in [0.1, 0.15) is 29.8 Å². The number of hydrogen-bond donors (Lipinski definition) is 1. The van der Waals surface area contributed by atoms with Crippen molar-refractivity contribution in [1.29, 1.82) is 0 Å². The monoisotopic (exact) mass is 539 g/mol. The van der Waals surface area contributed by atoms with Crippen LogP contribution in [-0.2, 0) is 17.9 Å². The number of carbonyl (C=O) groups is 1. The third-order valence-electron chi connectivity index (χ3n) is 7.26. The van der Waals surface area contributed by atoms with Crippen LogP contribution in [0.4, 0.5) is 4.39 Å². The lowest BCUT2D eigenvalue weighted by Gasteiger charge is -2.39. The summed E-state index contributed by atoms with van der Waals surface area (Å²) in [6.07, 6.45) is 3.34. The largest absolute Gasteiger partial charge is 0.488 e. The standard InChI is InChI=1S/C26H27ClFN7O3/c1-15-21-13-33(26(37)17-10-32(2)11-17)5-6-34(21)31-24(15)16-7-23(25-19(27)9-30-35(25)12-16)38-14-22(36)20-4-3-18(28)8-29-20/h3-4,7-9,12,17,22,36H,5-6,10-11,13-14H2,1-2H3. The summed E-state index contributed by atoms with van der Waals surface area (Å²) >= 11 is 6.40. The number of aliphatic hydroxyl groups excluding tert-OH is 1. The topological polar surface area (TPSA) is 101 Å². The third-order valence-corrected chi connectivity index (χ3v) is 7.54. The molecule has 1 N–H and O–H groups in total. The maximum atomic E-state index is 13.2. The van der Waals surface area contributed by atoms with Gasteiger partial charge in [-0.25, -0.2) is 8.91 Å². The van der Waals surface area contributed by atoms with E-state index in [4.69, 9.17) is 21.4 Å². The number of rotatable bonds is 6. The quantitative estimate of drug-likeness (QED) is 0.402. The molecule has 10 nitrogen and oxygen atoms in total. The molecule has 0 radical (unpaired) electrons. The molecular weight excluding hydrogens is 513 g/mol. The van der Waals surface area contributed by atoms with Crippen molar-refractivity contribution in [3.63, 3.8) is 0 Å². The summed E-state index contributed by atoms with van der Waals surface area (Å²) in [6.45, 7) is 5.27. The third kappa shape index (κ3) is 4.40. The SMILES string of the molecule is Cc1c(-c2cc(OCC(O)c3ccc(F)cn3)c3c(Cl)cnn3c2)nn2c1CN(C(=O)C1CN(C)C1)CC2. The molecule has 1 saturated heterocycles. The number of hydrogen-bond acceptors (Lipinski definition) is 7. The Labute approximate surface area is 223 Å². The molecule has 2 aliphatic heterocycles. The van der Waals surface area contributed by atoms with Gasteiger partial charge in [0.05, 0.1) is 53.5 Å². The molecule has 4 aromatic rings. The van der Waals surface area contributed by atoms with E-state index >= 15 is 0 Å². The minimum Gasteiger partial charge on any atom is -0.488 e. The first-order valence-corrected chi connectivity index (χ1v) is 12.8. The van der Waals surface area contributed by atoms with Crippen molar-refractivity contribution in [2.24, 2.45) is 5.92 Å². The summed E-state index contributed by atoms with van der Waals surface area (Å²) in [4.78, 5) is 21.0. The predicted molar refractivity (Wildman–Crippen MR) is 137 cm³/mol. The zero-order valence-corrected chi connectivity index (χ0v) is 21.8. The van der Waals surface area contributed by atoms with Gasteiger partial charge in [-0.1, -0.05) is 11.6 Å². The van der Waals surface area contributed by atoms with Crippen molar-refractivity contribution in [1.82, 2.24) is 34.2 Å². The van der Waals surface area contributed by atoms with Crippen LogP contribution in [0.1, 0.15) is 23.1 Å². The van der Waals surface area contributed by atoms with Crippen LogP contribution in [0.2, 0.25) is 5.02 Å². The van der Waals surface area contributed by atoms with E-state index in [0.717, 1.165) is 41.8 Å². The maximum Gasteiger partial charge on any atom is 0.228 e. The second kappa shape index (κ2) is 9.64. The molecular formula is C26H27ClFN7O3. The molecule has 1 atom stereocenters. The van der Waals surface area contributed by atoms with E-state index in [-0.39, 0.29) is 18.4 Å². The van der Waals surface area contributed by atoms with E-state index < -0.39 is 11.9 Å². The number of pyridine rings is 2. The highest BCUT2D eigenvalue weighted by atomic mass is 35.5. The molecule has 1 fully saturated rings. The molecule has 0 aliphatic carbocycles. The second-order valence-electron chi connectivity index (χ2n) is 9.93. The molecule has 198 valence electrons. The first kappa shape index (κ1) is 24.8. The molecule has 4 aromatic heterocycles. The Morgan fingerprint density at radius 2 is 2.11 bits per heavy atom. The van der Waals surface area contributed by atoms with Gasteiger partial charge < -0.3 is 19.6 Å². The smallest absolute Gasteiger partial charge is 0.228 e. The van der Waals surface area contributed by atoms with Crippen LogP contribution in [0.5, 0.6) is 5.75 Å². The summed E-state index contributed by atoms with van der Waals surface area (Å²) < 4.78 is 22.8. The van der Waals surface area contributed by atoms with E-state index in [1.807, 2.05) is 35.8 Å². The van der Waals surface area contributed by atoms with Crippen LogP contribution in [-0.4, -0.2) is 78.5 Å². The minimum absolute atomic E-state index is 0.0707. The minimum atomic E-state index is -1.07. The van der Waals surface area contributed by atoms with Gasteiger partial charge >= 0.3 is 0 Å². The Balaban J connectivity index is 1.28. The number of ether oxygens (including phenoxy) is 1. The molecule has 6 heterocycles. The molecule has 38 heavy (non-hydrogen) atoms. The van der Waals surface area contributed by atoms with Gasteiger partial charge in [-0.15, -0.1) is 0 Å². The van der Waals surface area contributed by atoms with Crippen molar-refractivity contribution in [3.05, 3.63) is 64.6 Å². The zero-order chi connectivity index (χ0) is 26.6. The van der Waals surface area contributed by atoms with E-state index in [9.17, 15) is 14.3 Å². The number of likely N-dealkylation sites (tertiary alicyclic amines) is 1. The van der Waals surface area contributed by atoms with Crippen molar-refractivity contribution in [3.8, 4) is 17.0 Å². The number of fused-ring (bicyclic) bond motifs is 2. The summed E-state index contributed by atoms with van der Waals surface area (Å²) in [7, 11) is 2.02. The van der Waals surface area contributed by atoms with Crippen LogP contribution in [0.15, 0.2) is 36.8 Å². The van der Waals surface area contributed by atoms with Gasteiger partial charge in [-0.2, -0.15) is 10.2 Å². The molecule has 6 rings (SSSR count). The van der Waals surface area contributed by atoms with Crippen molar-refractivity contribution in [2.45, 2.75) is 26.1 Å². The summed E-state index contributed by atoms with van der Waals surface area (Å²) in [5.41, 5.74) is 4.36. The lowest BCUT2D eigenvalue weighted by Crippen LogP contribution is -2.53. The average Bonchev–Trinajstić information content (AvgIpc) is 3.44. The van der Waals surface area contributed by atoms with E-state index in [1.165, 1.54) is 18.3 Å². The number of carbonyl (C=O) groups excluding carboxylic acids is 1. The van der Waals surface area contributed by atoms with Gasteiger partial charge in [0.15, 0.2) is 0 Å². The van der Waals surface area contributed by atoms with Gasteiger partial charge in [0, 0.05) is 37.0 Å². The Morgan fingerprint density at radius 1 is 1.29 bits per heavy atom. The van der Waals surface area contributed by atoms with E-state index in [0.29, 0.717) is 41.6 Å². The van der Waals surface area contributed by atoms with Crippen LogP contribution >= 0.6 is 11.6 Å². The first-order chi connectivity index (χ1) is 18.3. The summed E-state index contributed by atoms with van der Waals surface area (Å²) in [5, 5.41) is 20.1. The van der Waals surface area contributed by atoms with Crippen LogP contribution in [0, 0.1) is 18.7 Å². The average molecular weight is 540 g/mol. The molecule has 0 aromatic carbocycles. The van der Waals surface area contributed by atoms with Crippen LogP contribution in [0.25, 0.3) is 16.8 Å². The lowest BCUT2D eigenvalue weighted by atomic mass is 9.98. The van der Waals surface area contributed by atoms with Crippen LogP contribution in [0.3, 0.4) is 0 Å². The van der Waals surface area contributed by atoms with Crippen molar-refractivity contribution in [2.75, 3.05) is 33.3 Å². The summed E-state index contributed by atoms with van der Waals surface area (Å²) in [6, 6.07) is 4.47. The normalized spacial score (nSPS) is 16.9. The Kier molecular flexibility index (Phi) is 6.29. The van der Waals surface area contributed by atoms with Crippen molar-refractivity contribution >= 4 is 23.0 Å². The fourth-order valence-corrected chi connectivity index (χ4v) is 5.37. The number of nitrogens with zero attached hydrogens (tertiary/aromatic N) is 7. The highest BCUT2D eigenvalue weighted by Crippen LogP contribution is 2.35. The highest BCUT2D eigenvalue weighted by Gasteiger charge is 2.35. The van der Waals surface area contributed by atoms with Gasteiger partial charge in [0.25, 0.3) is 0 Å². The Bertz CT molecular complexity index is 1510. The van der Waals surface area contributed by atoms with Gasteiger partial charge in [-0.05, 0) is 32.2 Å².